The van der Waals surface area contributed by atoms with Crippen molar-refractivity contribution in [2.75, 3.05) is 24.6 Å². The van der Waals surface area contributed by atoms with E-state index in [-0.39, 0.29) is 37.5 Å². The van der Waals surface area contributed by atoms with Gasteiger partial charge < -0.3 is 19.7 Å². The van der Waals surface area contributed by atoms with Crippen LogP contribution in [0.2, 0.25) is 0 Å². The highest BCUT2D eigenvalue weighted by Crippen LogP contribution is 2.25. The molecule has 0 spiro atoms. The molecule has 30 heavy (non-hydrogen) atoms. The maximum absolute atomic E-state index is 12.0. The molecule has 0 atom stereocenters. The zero-order valence-electron chi connectivity index (χ0n) is 18.0. The van der Waals surface area contributed by atoms with Gasteiger partial charge in [0.05, 0.1) is 23.4 Å². The Morgan fingerprint density at radius 1 is 1.30 bits per heavy atom. The van der Waals surface area contributed by atoms with Crippen molar-refractivity contribution in [3.8, 4) is 6.07 Å². The maximum Gasteiger partial charge on any atom is 0.407 e. The Morgan fingerprint density at radius 3 is 2.40 bits per heavy atom. The van der Waals surface area contributed by atoms with Crippen LogP contribution in [0.4, 0.5) is 10.6 Å². The maximum atomic E-state index is 12.0. The summed E-state index contributed by atoms with van der Waals surface area (Å²) in [6.07, 6.45) is 1.01. The molecule has 0 unspecified atom stereocenters. The van der Waals surface area contributed by atoms with Crippen LogP contribution in [-0.4, -0.2) is 48.4 Å². The molecule has 168 valence electrons. The number of amides is 1. The van der Waals surface area contributed by atoms with Crippen molar-refractivity contribution in [3.05, 3.63) is 22.9 Å². The summed E-state index contributed by atoms with van der Waals surface area (Å²) in [4.78, 5) is 30.5. The third-order valence-corrected chi connectivity index (χ3v) is 4.32. The third kappa shape index (κ3) is 7.54. The molecule has 0 radical (unpaired) electrons. The summed E-state index contributed by atoms with van der Waals surface area (Å²) in [7, 11) is 0. The van der Waals surface area contributed by atoms with E-state index in [0.29, 0.717) is 48.6 Å². The average Bonchev–Trinajstić information content (AvgIpc) is 2.60. The van der Waals surface area contributed by atoms with Gasteiger partial charge in [-0.2, -0.15) is 5.26 Å². The predicted octanol–water partition coefficient (Wildman–Crippen LogP) is 3.78. The molecule has 1 amide bonds. The summed E-state index contributed by atoms with van der Waals surface area (Å²) >= 11 is 0. The number of aromatic nitrogens is 1. The Bertz CT molecular complexity index is 782. The van der Waals surface area contributed by atoms with Gasteiger partial charge in [0.1, 0.15) is 17.5 Å². The van der Waals surface area contributed by atoms with Crippen LogP contribution in [0.25, 0.3) is 0 Å². The number of esters is 1. The predicted molar refractivity (Wildman–Crippen MR) is 119 cm³/mol. The first-order chi connectivity index (χ1) is 13.1. The smallest absolute Gasteiger partial charge is 0.407 e. The van der Waals surface area contributed by atoms with Gasteiger partial charge in [-0.3, -0.25) is 0 Å². The minimum Gasteiger partial charge on any atom is -0.462 e. The number of nitrogens with one attached hydrogen (secondary N) is 1. The van der Waals surface area contributed by atoms with E-state index < -0.39 is 17.7 Å². The second-order valence-corrected chi connectivity index (χ2v) is 7.73. The number of pyridine rings is 1. The lowest BCUT2D eigenvalue weighted by Crippen LogP contribution is -2.46. The molecule has 1 aliphatic rings. The van der Waals surface area contributed by atoms with E-state index in [9.17, 15) is 14.9 Å². The van der Waals surface area contributed by atoms with Crippen LogP contribution in [0.1, 0.15) is 62.2 Å². The van der Waals surface area contributed by atoms with Gasteiger partial charge in [0.2, 0.25) is 0 Å². The lowest BCUT2D eigenvalue weighted by molar-refractivity contribution is 0.0494. The molecule has 1 aliphatic heterocycles. The summed E-state index contributed by atoms with van der Waals surface area (Å²) < 4.78 is 10.3. The zero-order chi connectivity index (χ0) is 20.9. The Morgan fingerprint density at radius 2 is 1.90 bits per heavy atom. The summed E-state index contributed by atoms with van der Waals surface area (Å²) in [5, 5.41) is 12.4. The van der Waals surface area contributed by atoms with E-state index in [2.05, 4.69) is 16.4 Å². The molecule has 0 saturated carbocycles. The van der Waals surface area contributed by atoms with Gasteiger partial charge in [-0.25, -0.2) is 14.6 Å². The second-order valence-electron chi connectivity index (χ2n) is 7.73. The summed E-state index contributed by atoms with van der Waals surface area (Å²) in [6.45, 7) is 10.5. The Balaban J connectivity index is 0.00000420. The van der Waals surface area contributed by atoms with E-state index >= 15 is 0 Å². The fraction of sp³-hybridized carbons (Fsp3) is 0.600. The van der Waals surface area contributed by atoms with Crippen molar-refractivity contribution >= 4 is 42.7 Å². The van der Waals surface area contributed by atoms with Crippen LogP contribution in [-0.2, 0) is 9.47 Å². The zero-order valence-corrected chi connectivity index (χ0v) is 19.6. The number of nitriles is 1. The molecule has 0 aromatic carbocycles. The number of aryl methyl sites for hydroxylation is 1. The van der Waals surface area contributed by atoms with E-state index in [0.717, 1.165) is 0 Å². The Hall–Kier alpha value is -2.24. The number of anilines is 1. The lowest BCUT2D eigenvalue weighted by Gasteiger charge is -2.34. The van der Waals surface area contributed by atoms with Crippen molar-refractivity contribution in [1.29, 1.82) is 5.26 Å². The molecular formula is C20H30Cl2N4O4. The van der Waals surface area contributed by atoms with Gasteiger partial charge >= 0.3 is 12.1 Å². The highest BCUT2D eigenvalue weighted by molar-refractivity contribution is 5.91. The third-order valence-electron chi connectivity index (χ3n) is 4.32. The van der Waals surface area contributed by atoms with Crippen LogP contribution in [0.3, 0.4) is 0 Å². The number of hydrogen-bond donors (Lipinski definition) is 1. The molecule has 1 N–H and O–H groups in total. The number of piperidine rings is 1. The van der Waals surface area contributed by atoms with Crippen molar-refractivity contribution in [3.63, 3.8) is 0 Å². The average molecular weight is 461 g/mol. The SMILES string of the molecule is CCOC(=O)c1cc(C#N)c(N2CCC(NC(=O)OC(C)(C)C)CC2)nc1C.Cl.Cl. The molecule has 1 fully saturated rings. The normalized spacial score (nSPS) is 13.9. The lowest BCUT2D eigenvalue weighted by atomic mass is 10.0. The van der Waals surface area contributed by atoms with Crippen LogP contribution in [0.5, 0.6) is 0 Å². The molecule has 0 aliphatic carbocycles. The van der Waals surface area contributed by atoms with Gasteiger partial charge in [0.25, 0.3) is 0 Å². The molecule has 1 aromatic heterocycles. The summed E-state index contributed by atoms with van der Waals surface area (Å²) in [5.41, 5.74) is 0.645. The molecule has 10 heteroatoms. The molecule has 2 rings (SSSR count). The van der Waals surface area contributed by atoms with E-state index in [1.54, 1.807) is 19.9 Å². The molecule has 8 nitrogen and oxygen atoms in total. The fourth-order valence-corrected chi connectivity index (χ4v) is 3.04. The second kappa shape index (κ2) is 11.8. The quantitative estimate of drug-likeness (QED) is 0.681. The minimum absolute atomic E-state index is 0. The topological polar surface area (TPSA) is 105 Å². The Kier molecular flexibility index (Phi) is 10.9. The summed E-state index contributed by atoms with van der Waals surface area (Å²) in [6, 6.07) is 3.68. The van der Waals surface area contributed by atoms with E-state index in [4.69, 9.17) is 9.47 Å². The number of carbonyl (C=O) groups excluding carboxylic acids is 2. The molecule has 0 bridgehead atoms. The molecule has 2 heterocycles. The first-order valence-electron chi connectivity index (χ1n) is 9.48. The van der Waals surface area contributed by atoms with Crippen LogP contribution in [0.15, 0.2) is 6.07 Å². The highest BCUT2D eigenvalue weighted by atomic mass is 35.5. The first-order valence-corrected chi connectivity index (χ1v) is 9.48. The van der Waals surface area contributed by atoms with Crippen molar-refractivity contribution < 1.29 is 19.1 Å². The standard InChI is InChI=1S/C20H28N4O4.2ClH/c1-6-27-18(25)16-11-14(12-21)17(22-13(16)2)24-9-7-15(8-10-24)23-19(26)28-20(3,4)5;;/h11,15H,6-10H2,1-5H3,(H,23,26);2*1H. The van der Waals surface area contributed by atoms with Crippen molar-refractivity contribution in [1.82, 2.24) is 10.3 Å². The van der Waals surface area contributed by atoms with E-state index in [1.165, 1.54) is 0 Å². The number of carbonyl (C=O) groups is 2. The van der Waals surface area contributed by atoms with Crippen LogP contribution < -0.4 is 10.2 Å². The fourth-order valence-electron chi connectivity index (χ4n) is 3.04. The van der Waals surface area contributed by atoms with Gasteiger partial charge in [-0.15, -0.1) is 24.8 Å². The van der Waals surface area contributed by atoms with Crippen molar-refractivity contribution in [2.24, 2.45) is 0 Å². The highest BCUT2D eigenvalue weighted by Gasteiger charge is 2.26. The van der Waals surface area contributed by atoms with Gasteiger partial charge in [0.15, 0.2) is 0 Å². The van der Waals surface area contributed by atoms with Gasteiger partial charge in [-0.05, 0) is 53.5 Å². The number of hydrogen-bond acceptors (Lipinski definition) is 7. The molecule has 1 aromatic rings. The Labute approximate surface area is 190 Å². The van der Waals surface area contributed by atoms with Crippen LogP contribution in [0, 0.1) is 18.3 Å². The largest absolute Gasteiger partial charge is 0.462 e. The van der Waals surface area contributed by atoms with Gasteiger partial charge in [0, 0.05) is 19.1 Å². The number of halogens is 2. The number of ether oxygens (including phenoxy) is 2. The van der Waals surface area contributed by atoms with Crippen LogP contribution >= 0.6 is 24.8 Å². The monoisotopic (exact) mass is 460 g/mol. The summed E-state index contributed by atoms with van der Waals surface area (Å²) in [5.74, 6) is 0.0829. The number of rotatable bonds is 4. The number of alkyl carbamates (subject to hydrolysis) is 1. The molecule has 1 saturated heterocycles. The van der Waals surface area contributed by atoms with Crippen molar-refractivity contribution in [2.45, 2.75) is 59.1 Å². The van der Waals surface area contributed by atoms with E-state index in [1.807, 2.05) is 25.7 Å². The number of nitrogens with zero attached hydrogens (tertiary/aromatic N) is 3. The first kappa shape index (κ1) is 27.8. The molecular weight excluding hydrogens is 431 g/mol. The minimum atomic E-state index is -0.533. The van der Waals surface area contributed by atoms with Gasteiger partial charge in [-0.1, -0.05) is 0 Å².